The molecule has 2 nitrogen and oxygen atoms in total. The molecule has 0 aromatic rings. The standard InChI is InChI=1S/C9H16F2N2.2ClH/c10-9(11)2-5-13(6-3-9)8-1-4-12-7-8;;/h8,12H,1-7H2;2*1H. The van der Waals surface area contributed by atoms with E-state index in [0.29, 0.717) is 19.1 Å². The average molecular weight is 263 g/mol. The molecule has 1 unspecified atom stereocenters. The fraction of sp³-hybridized carbons (Fsp3) is 1.00. The maximum absolute atomic E-state index is 12.8. The van der Waals surface area contributed by atoms with Gasteiger partial charge in [0.15, 0.2) is 0 Å². The summed E-state index contributed by atoms with van der Waals surface area (Å²) in [5.74, 6) is -2.40. The molecule has 0 spiro atoms. The number of hydrogen-bond acceptors (Lipinski definition) is 2. The van der Waals surface area contributed by atoms with Crippen LogP contribution in [0, 0.1) is 0 Å². The zero-order chi connectivity index (χ0) is 9.31. The number of rotatable bonds is 1. The van der Waals surface area contributed by atoms with Gasteiger partial charge in [-0.3, -0.25) is 4.90 Å². The van der Waals surface area contributed by atoms with Gasteiger partial charge in [-0.15, -0.1) is 24.8 Å². The Labute approximate surface area is 102 Å². The van der Waals surface area contributed by atoms with Crippen molar-refractivity contribution in [2.75, 3.05) is 26.2 Å². The summed E-state index contributed by atoms with van der Waals surface area (Å²) < 4.78 is 25.6. The Balaban J connectivity index is 0.000000980. The van der Waals surface area contributed by atoms with Gasteiger partial charge in [-0.25, -0.2) is 8.78 Å². The molecule has 1 atom stereocenters. The molecule has 2 aliphatic heterocycles. The van der Waals surface area contributed by atoms with Crippen molar-refractivity contribution in [3.8, 4) is 0 Å². The van der Waals surface area contributed by atoms with E-state index in [2.05, 4.69) is 10.2 Å². The van der Waals surface area contributed by atoms with Gasteiger partial charge >= 0.3 is 0 Å². The summed E-state index contributed by atoms with van der Waals surface area (Å²) in [5.41, 5.74) is 0. The number of nitrogens with one attached hydrogen (secondary N) is 1. The second-order valence-corrected chi connectivity index (χ2v) is 4.04. The number of halogens is 4. The van der Waals surface area contributed by atoms with Gasteiger partial charge in [-0.2, -0.15) is 0 Å². The minimum absolute atomic E-state index is 0. The Morgan fingerprint density at radius 2 is 1.73 bits per heavy atom. The first-order valence-corrected chi connectivity index (χ1v) is 5.00. The minimum atomic E-state index is -2.40. The van der Waals surface area contributed by atoms with Crippen LogP contribution in [-0.2, 0) is 0 Å². The van der Waals surface area contributed by atoms with E-state index in [1.807, 2.05) is 0 Å². The molecule has 15 heavy (non-hydrogen) atoms. The summed E-state index contributed by atoms with van der Waals surface area (Å²) in [6.07, 6.45) is 1.21. The summed E-state index contributed by atoms with van der Waals surface area (Å²) in [6.45, 7) is 3.15. The predicted octanol–water partition coefficient (Wildman–Crippen LogP) is 1.92. The van der Waals surface area contributed by atoms with Gasteiger partial charge in [0.25, 0.3) is 5.92 Å². The topological polar surface area (TPSA) is 15.3 Å². The normalized spacial score (nSPS) is 30.4. The average Bonchev–Trinajstić information content (AvgIpc) is 2.56. The number of alkyl halides is 2. The van der Waals surface area contributed by atoms with E-state index in [4.69, 9.17) is 0 Å². The van der Waals surface area contributed by atoms with Crippen LogP contribution in [0.15, 0.2) is 0 Å². The van der Waals surface area contributed by atoms with Crippen LogP contribution in [0.5, 0.6) is 0 Å². The van der Waals surface area contributed by atoms with E-state index in [9.17, 15) is 8.78 Å². The summed E-state index contributed by atoms with van der Waals surface area (Å²) in [5, 5.41) is 3.26. The molecule has 0 saturated carbocycles. The van der Waals surface area contributed by atoms with Crippen LogP contribution >= 0.6 is 24.8 Å². The SMILES string of the molecule is Cl.Cl.FC1(F)CCN(C2CCNC2)CC1. The third-order valence-electron chi connectivity index (χ3n) is 3.08. The quantitative estimate of drug-likeness (QED) is 0.777. The molecule has 0 bridgehead atoms. The fourth-order valence-electron chi connectivity index (χ4n) is 2.17. The van der Waals surface area contributed by atoms with E-state index >= 15 is 0 Å². The predicted molar refractivity (Wildman–Crippen MR) is 61.5 cm³/mol. The summed E-state index contributed by atoms with van der Waals surface area (Å²) in [7, 11) is 0. The van der Waals surface area contributed by atoms with Crippen molar-refractivity contribution in [2.24, 2.45) is 0 Å². The monoisotopic (exact) mass is 262 g/mol. The second kappa shape index (κ2) is 6.18. The lowest BCUT2D eigenvalue weighted by Gasteiger charge is -2.35. The molecule has 0 aromatic carbocycles. The van der Waals surface area contributed by atoms with Gasteiger partial charge in [0.05, 0.1) is 0 Å². The smallest absolute Gasteiger partial charge is 0.250 e. The molecule has 0 aromatic heterocycles. The first-order valence-electron chi connectivity index (χ1n) is 5.00. The maximum atomic E-state index is 12.8. The lowest BCUT2D eigenvalue weighted by atomic mass is 10.0. The summed E-state index contributed by atoms with van der Waals surface area (Å²) in [4.78, 5) is 2.21. The van der Waals surface area contributed by atoms with Crippen molar-refractivity contribution < 1.29 is 8.78 Å². The second-order valence-electron chi connectivity index (χ2n) is 4.04. The molecule has 2 heterocycles. The molecule has 1 N–H and O–H groups in total. The Bertz CT molecular complexity index is 177. The van der Waals surface area contributed by atoms with Crippen LogP contribution in [0.25, 0.3) is 0 Å². The van der Waals surface area contributed by atoms with Crippen molar-refractivity contribution in [1.29, 1.82) is 0 Å². The van der Waals surface area contributed by atoms with Crippen LogP contribution in [0.2, 0.25) is 0 Å². The van der Waals surface area contributed by atoms with Gasteiger partial charge in [0, 0.05) is 38.5 Å². The first-order chi connectivity index (χ1) is 6.17. The summed E-state index contributed by atoms with van der Waals surface area (Å²) >= 11 is 0. The molecule has 2 rings (SSSR count). The lowest BCUT2D eigenvalue weighted by Crippen LogP contribution is -2.45. The molecule has 2 saturated heterocycles. The van der Waals surface area contributed by atoms with Gasteiger partial charge in [0.1, 0.15) is 0 Å². The van der Waals surface area contributed by atoms with Gasteiger partial charge in [0.2, 0.25) is 0 Å². The molecule has 0 aliphatic carbocycles. The number of piperidine rings is 1. The molecule has 0 amide bonds. The van der Waals surface area contributed by atoms with E-state index in [1.165, 1.54) is 0 Å². The van der Waals surface area contributed by atoms with E-state index in [0.717, 1.165) is 19.5 Å². The van der Waals surface area contributed by atoms with Gasteiger partial charge in [-0.1, -0.05) is 0 Å². The van der Waals surface area contributed by atoms with Crippen molar-refractivity contribution >= 4 is 24.8 Å². The molecule has 92 valence electrons. The first kappa shape index (κ1) is 15.4. The lowest BCUT2D eigenvalue weighted by molar-refractivity contribution is -0.0615. The number of likely N-dealkylation sites (tertiary alicyclic amines) is 1. The third kappa shape index (κ3) is 4.02. The van der Waals surface area contributed by atoms with Crippen LogP contribution < -0.4 is 5.32 Å². The Morgan fingerprint density at radius 3 is 2.20 bits per heavy atom. The minimum Gasteiger partial charge on any atom is -0.315 e. The van der Waals surface area contributed by atoms with Crippen molar-refractivity contribution in [1.82, 2.24) is 10.2 Å². The van der Waals surface area contributed by atoms with Crippen LogP contribution in [-0.4, -0.2) is 43.0 Å². The van der Waals surface area contributed by atoms with Gasteiger partial charge in [-0.05, 0) is 13.0 Å². The molecule has 0 radical (unpaired) electrons. The molecule has 6 heteroatoms. The Kier molecular flexibility index (Phi) is 6.33. The van der Waals surface area contributed by atoms with E-state index in [-0.39, 0.29) is 37.7 Å². The van der Waals surface area contributed by atoms with E-state index in [1.54, 1.807) is 0 Å². The zero-order valence-electron chi connectivity index (χ0n) is 8.55. The maximum Gasteiger partial charge on any atom is 0.250 e. The van der Waals surface area contributed by atoms with Crippen molar-refractivity contribution in [2.45, 2.75) is 31.2 Å². The highest BCUT2D eigenvalue weighted by atomic mass is 35.5. The zero-order valence-corrected chi connectivity index (χ0v) is 10.2. The van der Waals surface area contributed by atoms with Gasteiger partial charge < -0.3 is 5.32 Å². The van der Waals surface area contributed by atoms with E-state index < -0.39 is 5.92 Å². The summed E-state index contributed by atoms with van der Waals surface area (Å²) in [6, 6.07) is 0.510. The fourth-order valence-corrected chi connectivity index (χ4v) is 2.17. The highest BCUT2D eigenvalue weighted by molar-refractivity contribution is 5.85. The number of hydrogen-bond donors (Lipinski definition) is 1. The Hall–Kier alpha value is 0.360. The van der Waals surface area contributed by atoms with Crippen LogP contribution in [0.4, 0.5) is 8.78 Å². The van der Waals surface area contributed by atoms with Crippen molar-refractivity contribution in [3.05, 3.63) is 0 Å². The van der Waals surface area contributed by atoms with Crippen LogP contribution in [0.1, 0.15) is 19.3 Å². The van der Waals surface area contributed by atoms with Crippen LogP contribution in [0.3, 0.4) is 0 Å². The Morgan fingerprint density at radius 1 is 1.13 bits per heavy atom. The van der Waals surface area contributed by atoms with Crippen molar-refractivity contribution in [3.63, 3.8) is 0 Å². The molecule has 2 aliphatic rings. The largest absolute Gasteiger partial charge is 0.315 e. The number of nitrogens with zero attached hydrogens (tertiary/aromatic N) is 1. The molecule has 2 fully saturated rings. The molecular weight excluding hydrogens is 245 g/mol. The molecular formula is C9H18Cl2F2N2. The highest BCUT2D eigenvalue weighted by Crippen LogP contribution is 2.29. The highest BCUT2D eigenvalue weighted by Gasteiger charge is 2.36. The third-order valence-corrected chi connectivity index (χ3v) is 3.08.